The fraction of sp³-hybridized carbons (Fsp3) is 0.102. The van der Waals surface area contributed by atoms with Crippen LogP contribution < -0.4 is 42.4 Å². The molecule has 0 bridgehead atoms. The zero-order valence-corrected chi connectivity index (χ0v) is 37.0. The molecule has 6 aromatic carbocycles. The average Bonchev–Trinajstić information content (AvgIpc) is 3.33. The number of anilines is 5. The number of primary amides is 1. The van der Waals surface area contributed by atoms with Gasteiger partial charge in [0.15, 0.2) is 11.5 Å². The SMILES string of the molecule is CC(C)Oc1c(NC(=O)c2ccc(NC(=O)[C@H](CC(N)=O)NC(=O)c3ccc(NC(=O)c4ccc(NC(=O)c5ccc([N+](=O)[O-])cc5)cc4)cc3)cc2)ccc(C(=O)Nc2ccc(C(=O)O)cc2)c1O. The third-order valence-electron chi connectivity index (χ3n) is 9.96. The van der Waals surface area contributed by atoms with Gasteiger partial charge in [-0.1, -0.05) is 0 Å². The van der Waals surface area contributed by atoms with Crippen molar-refractivity contribution in [2.45, 2.75) is 32.4 Å². The van der Waals surface area contributed by atoms with E-state index in [4.69, 9.17) is 15.6 Å². The number of nitrogens with two attached hydrogens (primary N) is 1. The third kappa shape index (κ3) is 12.9. The molecule has 0 saturated heterocycles. The van der Waals surface area contributed by atoms with Crippen molar-refractivity contribution in [3.63, 3.8) is 0 Å². The Balaban J connectivity index is 1.03. The minimum atomic E-state index is -1.43. The molecule has 0 heterocycles. The van der Waals surface area contributed by atoms with Crippen molar-refractivity contribution in [2.24, 2.45) is 5.73 Å². The van der Waals surface area contributed by atoms with Gasteiger partial charge in [0, 0.05) is 57.1 Å². The van der Waals surface area contributed by atoms with Crippen molar-refractivity contribution in [2.75, 3.05) is 26.6 Å². The van der Waals surface area contributed by atoms with Crippen molar-refractivity contribution < 1.29 is 58.2 Å². The van der Waals surface area contributed by atoms with Crippen LogP contribution in [-0.4, -0.2) is 74.6 Å². The van der Waals surface area contributed by atoms with E-state index in [1.54, 1.807) is 13.8 Å². The molecular weight excluding hydrogens is 909 g/mol. The second-order valence-electron chi connectivity index (χ2n) is 15.4. The number of carboxylic acid groups (broad SMARTS) is 1. The number of rotatable bonds is 18. The van der Waals surface area contributed by atoms with Gasteiger partial charge in [-0.3, -0.25) is 43.7 Å². The number of carbonyl (C=O) groups is 8. The van der Waals surface area contributed by atoms with Gasteiger partial charge >= 0.3 is 5.97 Å². The summed E-state index contributed by atoms with van der Waals surface area (Å²) in [6, 6.07) is 28.7. The number of non-ortho nitro benzene ring substituents is 1. The summed E-state index contributed by atoms with van der Waals surface area (Å²) in [6.07, 6.45) is -1.07. The number of hydrogen-bond donors (Lipinski definition) is 9. The standard InChI is InChI=1S/C49H42N8O13/c1-26(2)70-42-38(24-23-37(41(42)59)47(64)53-34-19-9-31(10-20-34)49(66)67)55-45(62)28-7-17-35(18-8-28)54-48(65)39(25-40(50)58)56-46(63)29-5-15-33(16-6-29)51-43(60)27-3-13-32(14-4-27)52-44(61)30-11-21-36(22-12-30)57(68)69/h3-24,26,39,59H,25H2,1-2H3,(H2,50,58)(H,51,60)(H,52,61)(H,53,64)(H,54,65)(H,55,62)(H,56,63)(H,66,67)/t39-/m0/s1. The molecule has 0 saturated carbocycles. The van der Waals surface area contributed by atoms with Crippen LogP contribution in [0.3, 0.4) is 0 Å². The van der Waals surface area contributed by atoms with Crippen molar-refractivity contribution in [1.29, 1.82) is 0 Å². The number of aromatic hydroxyl groups is 1. The maximum absolute atomic E-state index is 13.4. The Kier molecular flexibility index (Phi) is 15.6. The molecule has 0 aliphatic rings. The van der Waals surface area contributed by atoms with Gasteiger partial charge in [0.25, 0.3) is 35.2 Å². The van der Waals surface area contributed by atoms with Gasteiger partial charge in [0.1, 0.15) is 6.04 Å². The van der Waals surface area contributed by atoms with E-state index in [1.165, 1.54) is 133 Å². The number of nitrogens with zero attached hydrogens (tertiary/aromatic N) is 1. The van der Waals surface area contributed by atoms with Gasteiger partial charge in [-0.25, -0.2) is 4.79 Å². The summed E-state index contributed by atoms with van der Waals surface area (Å²) in [5.74, 6) is -6.77. The van der Waals surface area contributed by atoms with Crippen molar-refractivity contribution in [3.05, 3.63) is 177 Å². The smallest absolute Gasteiger partial charge is 0.335 e. The molecule has 21 heteroatoms. The summed E-state index contributed by atoms with van der Waals surface area (Å²) in [5.41, 5.74) is 6.80. The van der Waals surface area contributed by atoms with Gasteiger partial charge in [-0.05, 0) is 135 Å². The summed E-state index contributed by atoms with van der Waals surface area (Å²) in [5, 5.41) is 46.7. The Morgan fingerprint density at radius 2 is 0.957 bits per heavy atom. The minimum absolute atomic E-state index is 0.0109. The first kappa shape index (κ1) is 49.5. The molecule has 0 unspecified atom stereocenters. The summed E-state index contributed by atoms with van der Waals surface area (Å²) >= 11 is 0. The normalized spacial score (nSPS) is 11.0. The zero-order valence-electron chi connectivity index (χ0n) is 37.0. The van der Waals surface area contributed by atoms with Crippen LogP contribution in [0.2, 0.25) is 0 Å². The van der Waals surface area contributed by atoms with Crippen LogP contribution in [0.15, 0.2) is 133 Å². The molecule has 1 atom stereocenters. The number of nitrogens with one attached hydrogen (secondary N) is 6. The van der Waals surface area contributed by atoms with E-state index in [2.05, 4.69) is 31.9 Å². The summed E-state index contributed by atoms with van der Waals surface area (Å²) in [7, 11) is 0. The van der Waals surface area contributed by atoms with Crippen molar-refractivity contribution >= 4 is 81.4 Å². The van der Waals surface area contributed by atoms with Crippen LogP contribution in [-0.2, 0) is 9.59 Å². The molecule has 0 spiro atoms. The van der Waals surface area contributed by atoms with E-state index in [1.807, 2.05) is 0 Å². The molecule has 6 aromatic rings. The lowest BCUT2D eigenvalue weighted by molar-refractivity contribution is -0.384. The molecule has 10 N–H and O–H groups in total. The van der Waals surface area contributed by atoms with Crippen LogP contribution in [0.4, 0.5) is 34.1 Å². The Morgan fingerprint density at radius 3 is 1.39 bits per heavy atom. The fourth-order valence-corrected chi connectivity index (χ4v) is 6.43. The monoisotopic (exact) mass is 950 g/mol. The second-order valence-corrected chi connectivity index (χ2v) is 15.4. The Labute approximate surface area is 397 Å². The number of amides is 7. The fourth-order valence-electron chi connectivity index (χ4n) is 6.43. The molecule has 7 amide bonds. The first-order chi connectivity index (χ1) is 33.3. The Bertz CT molecular complexity index is 3000. The van der Waals surface area contributed by atoms with E-state index in [0.717, 1.165) is 0 Å². The van der Waals surface area contributed by atoms with E-state index in [9.17, 15) is 53.6 Å². The molecule has 0 aliphatic heterocycles. The number of benzene rings is 6. The summed E-state index contributed by atoms with van der Waals surface area (Å²) < 4.78 is 5.77. The lowest BCUT2D eigenvalue weighted by Crippen LogP contribution is -2.46. The predicted molar refractivity (Wildman–Crippen MR) is 255 cm³/mol. The predicted octanol–water partition coefficient (Wildman–Crippen LogP) is 6.41. The molecular formula is C49H42N8O13. The number of phenolic OH excluding ortho intramolecular Hbond substituents is 1. The first-order valence-electron chi connectivity index (χ1n) is 20.9. The highest BCUT2D eigenvalue weighted by molar-refractivity contribution is 6.10. The molecule has 70 heavy (non-hydrogen) atoms. The number of phenols is 1. The summed E-state index contributed by atoms with van der Waals surface area (Å²) in [4.78, 5) is 112. The van der Waals surface area contributed by atoms with Gasteiger partial charge in [0.05, 0.1) is 34.3 Å². The Morgan fingerprint density at radius 1 is 0.557 bits per heavy atom. The number of aromatic carboxylic acids is 1. The largest absolute Gasteiger partial charge is 0.504 e. The molecule has 0 radical (unpaired) electrons. The number of carbonyl (C=O) groups excluding carboxylic acids is 7. The molecule has 0 aromatic heterocycles. The minimum Gasteiger partial charge on any atom is -0.504 e. The van der Waals surface area contributed by atoms with Crippen LogP contribution in [0.25, 0.3) is 0 Å². The highest BCUT2D eigenvalue weighted by atomic mass is 16.6. The lowest BCUT2D eigenvalue weighted by Gasteiger charge is -2.19. The molecule has 0 fully saturated rings. The van der Waals surface area contributed by atoms with E-state index < -0.39 is 76.6 Å². The molecule has 6 rings (SSSR count). The number of carboxylic acids is 1. The van der Waals surface area contributed by atoms with E-state index in [-0.39, 0.29) is 61.9 Å². The number of ether oxygens (including phenoxy) is 1. The highest BCUT2D eigenvalue weighted by Crippen LogP contribution is 2.39. The second kappa shape index (κ2) is 22.0. The van der Waals surface area contributed by atoms with Crippen LogP contribution in [0.5, 0.6) is 11.5 Å². The first-order valence-corrected chi connectivity index (χ1v) is 20.9. The van der Waals surface area contributed by atoms with Gasteiger partial charge < -0.3 is 52.6 Å². The Hall–Kier alpha value is -9.92. The van der Waals surface area contributed by atoms with Crippen LogP contribution in [0, 0.1) is 10.1 Å². The van der Waals surface area contributed by atoms with Crippen LogP contribution in [0.1, 0.15) is 82.4 Å². The van der Waals surface area contributed by atoms with E-state index in [0.29, 0.717) is 11.4 Å². The number of nitro groups is 1. The number of hydrogen-bond acceptors (Lipinski definition) is 12. The van der Waals surface area contributed by atoms with Crippen LogP contribution >= 0.6 is 0 Å². The lowest BCUT2D eigenvalue weighted by atomic mass is 10.1. The zero-order chi connectivity index (χ0) is 50.6. The quantitative estimate of drug-likeness (QED) is 0.0333. The van der Waals surface area contributed by atoms with E-state index >= 15 is 0 Å². The maximum Gasteiger partial charge on any atom is 0.335 e. The van der Waals surface area contributed by atoms with Gasteiger partial charge in [-0.15, -0.1) is 0 Å². The average molecular weight is 951 g/mol. The molecule has 0 aliphatic carbocycles. The van der Waals surface area contributed by atoms with Gasteiger partial charge in [0.2, 0.25) is 11.8 Å². The van der Waals surface area contributed by atoms with Gasteiger partial charge in [-0.2, -0.15) is 0 Å². The summed E-state index contributed by atoms with van der Waals surface area (Å²) in [6.45, 7) is 3.34. The third-order valence-corrected chi connectivity index (χ3v) is 9.96. The molecule has 356 valence electrons. The number of nitro benzene ring substituents is 1. The highest BCUT2D eigenvalue weighted by Gasteiger charge is 2.25. The maximum atomic E-state index is 13.4. The van der Waals surface area contributed by atoms with Crippen molar-refractivity contribution in [1.82, 2.24) is 5.32 Å². The van der Waals surface area contributed by atoms with Crippen molar-refractivity contribution in [3.8, 4) is 11.5 Å². The molecule has 21 nitrogen and oxygen atoms in total. The topological polar surface area (TPSA) is 328 Å².